The van der Waals surface area contributed by atoms with Gasteiger partial charge in [0.2, 0.25) is 5.91 Å². The molecule has 4 nitrogen and oxygen atoms in total. The number of rotatable bonds is 4. The lowest BCUT2D eigenvalue weighted by molar-refractivity contribution is -0.125. The van der Waals surface area contributed by atoms with Crippen LogP contribution in [0.25, 0.3) is 0 Å². The van der Waals surface area contributed by atoms with Gasteiger partial charge in [0.05, 0.1) is 6.61 Å². The van der Waals surface area contributed by atoms with Gasteiger partial charge in [0.25, 0.3) is 0 Å². The molecule has 1 N–H and O–H groups in total. The first kappa shape index (κ1) is 15.3. The minimum atomic E-state index is 0.0324. The summed E-state index contributed by atoms with van der Waals surface area (Å²) in [4.78, 5) is 14.9. The van der Waals surface area contributed by atoms with Crippen LogP contribution in [-0.2, 0) is 11.2 Å². The number of ether oxygens (including phenoxy) is 1. The van der Waals surface area contributed by atoms with Crippen LogP contribution in [0.1, 0.15) is 31.2 Å². The minimum absolute atomic E-state index is 0.0324. The molecule has 0 aliphatic carbocycles. The van der Waals surface area contributed by atoms with Crippen LogP contribution in [0, 0.1) is 5.92 Å². The maximum atomic E-state index is 12.4. The Balaban J connectivity index is 1.47. The number of hydrogen-bond donors (Lipinski definition) is 1. The lowest BCUT2D eigenvalue weighted by Gasteiger charge is -2.26. The molecule has 1 fully saturated rings. The number of amides is 1. The van der Waals surface area contributed by atoms with Gasteiger partial charge < -0.3 is 15.0 Å². The van der Waals surface area contributed by atoms with Gasteiger partial charge in [-0.05, 0) is 50.4 Å². The van der Waals surface area contributed by atoms with Crippen molar-refractivity contribution in [3.05, 3.63) is 29.8 Å². The molecular formula is C18H26N2O2. The van der Waals surface area contributed by atoms with Crippen LogP contribution in [0.2, 0.25) is 0 Å². The van der Waals surface area contributed by atoms with Crippen LogP contribution >= 0.6 is 0 Å². The summed E-state index contributed by atoms with van der Waals surface area (Å²) in [5.41, 5.74) is 1.15. The molecule has 2 aliphatic heterocycles. The summed E-state index contributed by atoms with van der Waals surface area (Å²) in [5, 5.41) is 3.12. The highest BCUT2D eigenvalue weighted by atomic mass is 16.5. The highest BCUT2D eigenvalue weighted by Gasteiger charge is 2.23. The number of likely N-dealkylation sites (tertiary alicyclic amines) is 1. The fraction of sp³-hybridized carbons (Fsp3) is 0.611. The number of para-hydroxylation sites is 1. The minimum Gasteiger partial charge on any atom is -0.493 e. The largest absolute Gasteiger partial charge is 0.493 e. The summed E-state index contributed by atoms with van der Waals surface area (Å²) in [6, 6.07) is 8.05. The number of hydrogen-bond acceptors (Lipinski definition) is 3. The Morgan fingerprint density at radius 1 is 1.23 bits per heavy atom. The summed E-state index contributed by atoms with van der Waals surface area (Å²) < 4.78 is 5.74. The van der Waals surface area contributed by atoms with E-state index in [1.54, 1.807) is 0 Å². The predicted molar refractivity (Wildman–Crippen MR) is 87.0 cm³/mol. The first-order valence-corrected chi connectivity index (χ1v) is 8.54. The Labute approximate surface area is 132 Å². The Hall–Kier alpha value is -1.55. The van der Waals surface area contributed by atoms with Gasteiger partial charge in [-0.1, -0.05) is 24.6 Å². The van der Waals surface area contributed by atoms with Gasteiger partial charge in [-0.15, -0.1) is 0 Å². The van der Waals surface area contributed by atoms with E-state index in [9.17, 15) is 4.79 Å². The van der Waals surface area contributed by atoms with Crippen LogP contribution in [-0.4, -0.2) is 43.6 Å². The van der Waals surface area contributed by atoms with E-state index in [1.165, 1.54) is 32.4 Å². The highest BCUT2D eigenvalue weighted by Crippen LogP contribution is 2.26. The van der Waals surface area contributed by atoms with Crippen molar-refractivity contribution in [1.29, 1.82) is 0 Å². The van der Waals surface area contributed by atoms with Crippen LogP contribution in [0.5, 0.6) is 5.75 Å². The van der Waals surface area contributed by atoms with E-state index in [0.29, 0.717) is 6.61 Å². The van der Waals surface area contributed by atoms with Gasteiger partial charge in [0, 0.05) is 19.0 Å². The molecule has 1 aromatic rings. The molecule has 22 heavy (non-hydrogen) atoms. The van der Waals surface area contributed by atoms with Crippen LogP contribution < -0.4 is 10.1 Å². The second-order valence-corrected chi connectivity index (χ2v) is 6.34. The second kappa shape index (κ2) is 7.63. The molecule has 2 heterocycles. The molecule has 1 saturated heterocycles. The van der Waals surface area contributed by atoms with Gasteiger partial charge in [0.15, 0.2) is 0 Å². The van der Waals surface area contributed by atoms with Gasteiger partial charge in [-0.25, -0.2) is 0 Å². The Kier molecular flexibility index (Phi) is 5.33. The average molecular weight is 302 g/mol. The maximum absolute atomic E-state index is 12.4. The highest BCUT2D eigenvalue weighted by molar-refractivity contribution is 5.79. The molecule has 0 spiro atoms. The van der Waals surface area contributed by atoms with E-state index in [-0.39, 0.29) is 11.8 Å². The van der Waals surface area contributed by atoms with Crippen molar-refractivity contribution in [3.63, 3.8) is 0 Å². The van der Waals surface area contributed by atoms with Gasteiger partial charge in [0.1, 0.15) is 5.75 Å². The molecule has 0 aromatic heterocycles. The second-order valence-electron chi connectivity index (χ2n) is 6.34. The topological polar surface area (TPSA) is 41.6 Å². The van der Waals surface area contributed by atoms with Gasteiger partial charge in [-0.2, -0.15) is 0 Å². The lowest BCUT2D eigenvalue weighted by atomic mass is 9.96. The standard InChI is InChI=1S/C18H26N2O2/c21-18(19-9-12-20-10-4-1-5-11-20)16-8-13-22-17-7-3-2-6-15(17)14-16/h2-3,6-7,16H,1,4-5,8-14H2,(H,19,21). The molecule has 4 heteroatoms. The fourth-order valence-corrected chi connectivity index (χ4v) is 3.38. The summed E-state index contributed by atoms with van der Waals surface area (Å²) >= 11 is 0. The SMILES string of the molecule is O=C(NCCN1CCCCC1)C1CCOc2ccccc2C1. The third kappa shape index (κ3) is 4.01. The molecule has 2 aliphatic rings. The number of benzene rings is 1. The normalized spacial score (nSPS) is 22.3. The quantitative estimate of drug-likeness (QED) is 0.927. The number of piperidine rings is 1. The van der Waals surface area contributed by atoms with Crippen molar-refractivity contribution in [2.24, 2.45) is 5.92 Å². The van der Waals surface area contributed by atoms with Crippen LogP contribution in [0.3, 0.4) is 0 Å². The van der Waals surface area contributed by atoms with Crippen LogP contribution in [0.15, 0.2) is 24.3 Å². The van der Waals surface area contributed by atoms with E-state index >= 15 is 0 Å². The van der Waals surface area contributed by atoms with Crippen molar-refractivity contribution in [1.82, 2.24) is 10.2 Å². The summed E-state index contributed by atoms with van der Waals surface area (Å²) in [6.45, 7) is 4.73. The molecule has 0 radical (unpaired) electrons. The van der Waals surface area contributed by atoms with E-state index in [1.807, 2.05) is 18.2 Å². The lowest BCUT2D eigenvalue weighted by Crippen LogP contribution is -2.40. The van der Waals surface area contributed by atoms with E-state index in [0.717, 1.165) is 37.2 Å². The summed E-state index contributed by atoms with van der Waals surface area (Å²) in [5.74, 6) is 1.15. The molecule has 1 aromatic carbocycles. The number of nitrogens with one attached hydrogen (secondary N) is 1. The molecule has 120 valence electrons. The number of nitrogens with zero attached hydrogens (tertiary/aromatic N) is 1. The molecule has 3 rings (SSSR count). The zero-order valence-electron chi connectivity index (χ0n) is 13.2. The van der Waals surface area contributed by atoms with Crippen molar-refractivity contribution < 1.29 is 9.53 Å². The molecule has 1 atom stereocenters. The molecule has 0 saturated carbocycles. The maximum Gasteiger partial charge on any atom is 0.223 e. The first-order valence-electron chi connectivity index (χ1n) is 8.54. The van der Waals surface area contributed by atoms with E-state index in [2.05, 4.69) is 16.3 Å². The third-order valence-electron chi connectivity index (χ3n) is 4.71. The molecule has 0 bridgehead atoms. The first-order chi connectivity index (χ1) is 10.8. The number of carbonyl (C=O) groups excluding carboxylic acids is 1. The number of fused-ring (bicyclic) bond motifs is 1. The third-order valence-corrected chi connectivity index (χ3v) is 4.71. The van der Waals surface area contributed by atoms with Gasteiger partial charge >= 0.3 is 0 Å². The Morgan fingerprint density at radius 2 is 2.05 bits per heavy atom. The summed E-state index contributed by atoms with van der Waals surface area (Å²) in [6.07, 6.45) is 5.52. The molecular weight excluding hydrogens is 276 g/mol. The van der Waals surface area contributed by atoms with Crippen molar-refractivity contribution in [2.45, 2.75) is 32.1 Å². The van der Waals surface area contributed by atoms with E-state index in [4.69, 9.17) is 4.74 Å². The molecule has 1 amide bonds. The summed E-state index contributed by atoms with van der Waals surface area (Å²) in [7, 11) is 0. The van der Waals surface area contributed by atoms with Crippen molar-refractivity contribution in [3.8, 4) is 5.75 Å². The monoisotopic (exact) mass is 302 g/mol. The molecule has 1 unspecified atom stereocenters. The number of carbonyl (C=O) groups is 1. The average Bonchev–Trinajstić information content (AvgIpc) is 2.78. The van der Waals surface area contributed by atoms with Crippen LogP contribution in [0.4, 0.5) is 0 Å². The Bertz CT molecular complexity index is 498. The van der Waals surface area contributed by atoms with Crippen molar-refractivity contribution in [2.75, 3.05) is 32.8 Å². The zero-order valence-corrected chi connectivity index (χ0v) is 13.2. The van der Waals surface area contributed by atoms with E-state index < -0.39 is 0 Å². The zero-order chi connectivity index (χ0) is 15.2. The predicted octanol–water partition coefficient (Wildman–Crippen LogP) is 2.23. The van der Waals surface area contributed by atoms with Gasteiger partial charge in [-0.3, -0.25) is 4.79 Å². The Morgan fingerprint density at radius 3 is 2.91 bits per heavy atom. The smallest absolute Gasteiger partial charge is 0.223 e. The fourth-order valence-electron chi connectivity index (χ4n) is 3.38. The van der Waals surface area contributed by atoms with Crippen molar-refractivity contribution >= 4 is 5.91 Å².